The minimum atomic E-state index is -0.388. The van der Waals surface area contributed by atoms with E-state index in [-0.39, 0.29) is 17.6 Å². The van der Waals surface area contributed by atoms with Crippen LogP contribution in [0.3, 0.4) is 0 Å². The maximum absolute atomic E-state index is 11.9. The highest BCUT2D eigenvalue weighted by molar-refractivity contribution is 6.02. The maximum Gasteiger partial charge on any atom is 0.330 e. The Balaban J connectivity index is 1.97. The number of rotatable bonds is 5. The Morgan fingerprint density at radius 3 is 2.64 bits per heavy atom. The van der Waals surface area contributed by atoms with E-state index in [2.05, 4.69) is 10.5 Å². The molecule has 1 heterocycles. The van der Waals surface area contributed by atoms with Crippen molar-refractivity contribution >= 4 is 23.6 Å². The molecule has 0 bridgehead atoms. The van der Waals surface area contributed by atoms with Crippen LogP contribution in [0.25, 0.3) is 6.08 Å². The first-order chi connectivity index (χ1) is 10.6. The molecular weight excluding hydrogens is 284 g/mol. The lowest BCUT2D eigenvalue weighted by molar-refractivity contribution is -0.137. The number of benzene rings is 1. The molecule has 1 amide bonds. The van der Waals surface area contributed by atoms with Crippen molar-refractivity contribution in [2.75, 3.05) is 11.9 Å². The van der Waals surface area contributed by atoms with Gasteiger partial charge in [0.2, 0.25) is 5.76 Å². The number of nitrogens with one attached hydrogen (secondary N) is 1. The van der Waals surface area contributed by atoms with Gasteiger partial charge in [0.25, 0.3) is 5.91 Å². The predicted molar refractivity (Wildman–Crippen MR) is 81.3 cm³/mol. The summed E-state index contributed by atoms with van der Waals surface area (Å²) in [6.45, 7) is 3.83. The van der Waals surface area contributed by atoms with Gasteiger partial charge >= 0.3 is 5.97 Å². The number of hydrogen-bond acceptors (Lipinski definition) is 5. The lowest BCUT2D eigenvalue weighted by Crippen LogP contribution is -2.10. The molecule has 114 valence electrons. The number of amides is 1. The molecule has 1 aromatic heterocycles. The zero-order chi connectivity index (χ0) is 15.9. The molecule has 2 rings (SSSR count). The smallest absolute Gasteiger partial charge is 0.330 e. The summed E-state index contributed by atoms with van der Waals surface area (Å²) in [5.74, 6) is -0.597. The van der Waals surface area contributed by atoms with Crippen molar-refractivity contribution in [3.63, 3.8) is 0 Å². The summed E-state index contributed by atoms with van der Waals surface area (Å²) >= 11 is 0. The minimum absolute atomic E-state index is 0.156. The van der Waals surface area contributed by atoms with Crippen molar-refractivity contribution in [2.45, 2.75) is 13.8 Å². The number of carbonyl (C=O) groups is 2. The number of hydrogen-bond donors (Lipinski definition) is 1. The summed E-state index contributed by atoms with van der Waals surface area (Å²) in [5, 5.41) is 6.36. The molecule has 0 fully saturated rings. The fourth-order valence-corrected chi connectivity index (χ4v) is 1.70. The van der Waals surface area contributed by atoms with Crippen LogP contribution in [0, 0.1) is 6.92 Å². The fourth-order valence-electron chi connectivity index (χ4n) is 1.70. The third kappa shape index (κ3) is 4.31. The highest BCUT2D eigenvalue weighted by Crippen LogP contribution is 2.13. The van der Waals surface area contributed by atoms with Gasteiger partial charge in [-0.15, -0.1) is 0 Å². The zero-order valence-corrected chi connectivity index (χ0v) is 12.3. The molecule has 0 atom stereocenters. The van der Waals surface area contributed by atoms with Crippen LogP contribution in [-0.2, 0) is 9.53 Å². The molecule has 1 N–H and O–H groups in total. The first kappa shape index (κ1) is 15.5. The van der Waals surface area contributed by atoms with Crippen LogP contribution < -0.4 is 5.32 Å². The highest BCUT2D eigenvalue weighted by Gasteiger charge is 2.11. The zero-order valence-electron chi connectivity index (χ0n) is 12.3. The fraction of sp³-hybridized carbons (Fsp3) is 0.188. The molecule has 6 heteroatoms. The first-order valence-electron chi connectivity index (χ1n) is 6.78. The molecule has 2 aromatic rings. The molecule has 1 aromatic carbocycles. The van der Waals surface area contributed by atoms with Gasteiger partial charge < -0.3 is 14.6 Å². The maximum atomic E-state index is 11.9. The Morgan fingerprint density at radius 1 is 1.32 bits per heavy atom. The summed E-state index contributed by atoms with van der Waals surface area (Å²) in [7, 11) is 0. The van der Waals surface area contributed by atoms with Crippen LogP contribution >= 0.6 is 0 Å². The SMILES string of the molecule is CCOC(=O)/C=C/c1ccc(NC(=O)c2cc(C)no2)cc1. The second kappa shape index (κ2) is 7.21. The van der Waals surface area contributed by atoms with Crippen LogP contribution in [0.1, 0.15) is 28.7 Å². The second-order valence-corrected chi connectivity index (χ2v) is 4.49. The van der Waals surface area contributed by atoms with E-state index in [0.29, 0.717) is 18.0 Å². The van der Waals surface area contributed by atoms with E-state index in [1.165, 1.54) is 6.08 Å². The van der Waals surface area contributed by atoms with Crippen molar-refractivity contribution in [3.8, 4) is 0 Å². The van der Waals surface area contributed by atoms with Gasteiger partial charge in [-0.2, -0.15) is 0 Å². The summed E-state index contributed by atoms with van der Waals surface area (Å²) in [6, 6.07) is 8.57. The Morgan fingerprint density at radius 2 is 2.05 bits per heavy atom. The molecule has 6 nitrogen and oxygen atoms in total. The molecule has 0 aliphatic heterocycles. The topological polar surface area (TPSA) is 81.4 Å². The molecule has 0 radical (unpaired) electrons. The van der Waals surface area contributed by atoms with Crippen LogP contribution in [0.5, 0.6) is 0 Å². The van der Waals surface area contributed by atoms with Gasteiger partial charge in [-0.3, -0.25) is 4.79 Å². The molecule has 0 unspecified atom stereocenters. The van der Waals surface area contributed by atoms with Gasteiger partial charge in [0.05, 0.1) is 12.3 Å². The number of nitrogens with zero attached hydrogens (tertiary/aromatic N) is 1. The normalized spacial score (nSPS) is 10.6. The van der Waals surface area contributed by atoms with E-state index < -0.39 is 0 Å². The van der Waals surface area contributed by atoms with Crippen molar-refractivity contribution in [1.82, 2.24) is 5.16 Å². The average Bonchev–Trinajstić information content (AvgIpc) is 2.93. The number of anilines is 1. The van der Waals surface area contributed by atoms with E-state index in [9.17, 15) is 9.59 Å². The van der Waals surface area contributed by atoms with Crippen LogP contribution in [-0.4, -0.2) is 23.6 Å². The predicted octanol–water partition coefficient (Wildman–Crippen LogP) is 2.81. The van der Waals surface area contributed by atoms with Gasteiger partial charge in [0, 0.05) is 17.8 Å². The third-order valence-electron chi connectivity index (χ3n) is 2.72. The Bertz CT molecular complexity index is 686. The Labute approximate surface area is 127 Å². The lowest BCUT2D eigenvalue weighted by atomic mass is 10.2. The lowest BCUT2D eigenvalue weighted by Gasteiger charge is -2.03. The first-order valence-corrected chi connectivity index (χ1v) is 6.78. The molecule has 0 saturated carbocycles. The number of aromatic nitrogens is 1. The van der Waals surface area contributed by atoms with Gasteiger partial charge in [0.1, 0.15) is 0 Å². The van der Waals surface area contributed by atoms with Crippen molar-refractivity contribution in [2.24, 2.45) is 0 Å². The summed E-state index contributed by atoms with van der Waals surface area (Å²) in [4.78, 5) is 23.1. The number of carbonyl (C=O) groups excluding carboxylic acids is 2. The van der Waals surface area contributed by atoms with E-state index in [4.69, 9.17) is 9.26 Å². The minimum Gasteiger partial charge on any atom is -0.463 e. The van der Waals surface area contributed by atoms with E-state index in [1.807, 2.05) is 0 Å². The van der Waals surface area contributed by atoms with Crippen molar-refractivity contribution < 1.29 is 18.8 Å². The quantitative estimate of drug-likeness (QED) is 0.678. The highest BCUT2D eigenvalue weighted by atomic mass is 16.5. The Hall–Kier alpha value is -2.89. The molecular formula is C16H16N2O4. The van der Waals surface area contributed by atoms with Crippen molar-refractivity contribution in [1.29, 1.82) is 0 Å². The third-order valence-corrected chi connectivity index (χ3v) is 2.72. The second-order valence-electron chi connectivity index (χ2n) is 4.49. The average molecular weight is 300 g/mol. The van der Waals surface area contributed by atoms with E-state index in [0.717, 1.165) is 5.56 Å². The van der Waals surface area contributed by atoms with E-state index in [1.54, 1.807) is 50.3 Å². The number of ether oxygens (including phenoxy) is 1. The summed E-state index contributed by atoms with van der Waals surface area (Å²) in [5.41, 5.74) is 2.08. The van der Waals surface area contributed by atoms with Crippen LogP contribution in [0.4, 0.5) is 5.69 Å². The molecule has 0 saturated heterocycles. The van der Waals surface area contributed by atoms with Crippen LogP contribution in [0.15, 0.2) is 40.9 Å². The van der Waals surface area contributed by atoms with Crippen molar-refractivity contribution in [3.05, 3.63) is 53.4 Å². The summed E-state index contributed by atoms with van der Waals surface area (Å²) in [6.07, 6.45) is 3.00. The number of aryl methyl sites for hydroxylation is 1. The molecule has 0 aliphatic carbocycles. The number of esters is 1. The molecule has 0 aliphatic rings. The van der Waals surface area contributed by atoms with Gasteiger partial charge in [-0.25, -0.2) is 4.79 Å². The van der Waals surface area contributed by atoms with E-state index >= 15 is 0 Å². The summed E-state index contributed by atoms with van der Waals surface area (Å²) < 4.78 is 9.68. The largest absolute Gasteiger partial charge is 0.463 e. The van der Waals surface area contributed by atoms with Gasteiger partial charge in [-0.1, -0.05) is 17.3 Å². The van der Waals surface area contributed by atoms with Gasteiger partial charge in [-0.05, 0) is 37.6 Å². The Kier molecular flexibility index (Phi) is 5.08. The van der Waals surface area contributed by atoms with Crippen LogP contribution in [0.2, 0.25) is 0 Å². The van der Waals surface area contributed by atoms with Gasteiger partial charge in [0.15, 0.2) is 0 Å². The molecule has 22 heavy (non-hydrogen) atoms. The standard InChI is InChI=1S/C16H16N2O4/c1-3-21-15(19)9-6-12-4-7-13(8-5-12)17-16(20)14-10-11(2)18-22-14/h4-10H,3H2,1-2H3,(H,17,20)/b9-6+. The monoisotopic (exact) mass is 300 g/mol. The molecule has 0 spiro atoms.